The maximum Gasteiger partial charge on any atom is 0.285 e. The fraction of sp³-hybridized carbons (Fsp3) is 0.391. The zero-order valence-electron chi connectivity index (χ0n) is 18.5. The lowest BCUT2D eigenvalue weighted by Gasteiger charge is -2.35. The second kappa shape index (κ2) is 9.55. The van der Waals surface area contributed by atoms with Crippen molar-refractivity contribution in [3.05, 3.63) is 64.5 Å². The van der Waals surface area contributed by atoms with Gasteiger partial charge in [-0.05, 0) is 55.2 Å². The minimum Gasteiger partial charge on any atom is -0.492 e. The molecule has 0 radical (unpaired) electrons. The van der Waals surface area contributed by atoms with Crippen molar-refractivity contribution >= 4 is 37.5 Å². The maximum atomic E-state index is 13.0. The van der Waals surface area contributed by atoms with Crippen LogP contribution < -0.4 is 19.8 Å². The number of fused-ring (bicyclic) bond motifs is 1. The lowest BCUT2D eigenvalue weighted by molar-refractivity contribution is -0.129. The van der Waals surface area contributed by atoms with E-state index in [0.717, 1.165) is 41.7 Å². The summed E-state index contributed by atoms with van der Waals surface area (Å²) in [7, 11) is -3.79. The van der Waals surface area contributed by atoms with E-state index in [-0.39, 0.29) is 24.3 Å². The number of amides is 1. The Labute approximate surface area is 207 Å². The normalized spacial score (nSPS) is 21.1. The van der Waals surface area contributed by atoms with Crippen LogP contribution in [-0.4, -0.2) is 61.9 Å². The molecular formula is C23H26BrN5O4S. The van der Waals surface area contributed by atoms with Crippen molar-refractivity contribution in [2.45, 2.75) is 30.6 Å². The van der Waals surface area contributed by atoms with E-state index in [0.29, 0.717) is 18.7 Å². The van der Waals surface area contributed by atoms with Crippen LogP contribution in [-0.2, 0) is 21.2 Å². The number of pyridine rings is 1. The zero-order chi connectivity index (χ0) is 23.7. The van der Waals surface area contributed by atoms with Crippen molar-refractivity contribution in [2.75, 3.05) is 31.1 Å². The Morgan fingerprint density at radius 2 is 1.88 bits per heavy atom. The molecule has 2 N–H and O–H groups in total. The molecule has 180 valence electrons. The number of aromatic nitrogens is 1. The van der Waals surface area contributed by atoms with Gasteiger partial charge in [-0.2, -0.15) is 0 Å². The van der Waals surface area contributed by atoms with Crippen LogP contribution >= 0.6 is 15.9 Å². The summed E-state index contributed by atoms with van der Waals surface area (Å²) in [5, 5.41) is 0.726. The SMILES string of the molecule is O=C1C(NS(=O)(=O)C2COc3cc(Br)ccc3C2)=CCN1NC1CCN(c2ccncc2)CC1. The quantitative estimate of drug-likeness (QED) is 0.569. The Bertz CT molecular complexity index is 1200. The predicted molar refractivity (Wildman–Crippen MR) is 132 cm³/mol. The van der Waals surface area contributed by atoms with Crippen LogP contribution in [0.5, 0.6) is 5.75 Å². The van der Waals surface area contributed by atoms with Gasteiger partial charge in [0.2, 0.25) is 10.0 Å². The number of halogens is 1. The van der Waals surface area contributed by atoms with Crippen LogP contribution in [0.25, 0.3) is 0 Å². The van der Waals surface area contributed by atoms with Crippen LogP contribution in [0.2, 0.25) is 0 Å². The van der Waals surface area contributed by atoms with Crippen LogP contribution in [0.3, 0.4) is 0 Å². The molecule has 0 saturated carbocycles. The van der Waals surface area contributed by atoms with Crippen molar-refractivity contribution in [1.82, 2.24) is 20.1 Å². The third-order valence-electron chi connectivity index (χ3n) is 6.41. The summed E-state index contributed by atoms with van der Waals surface area (Å²) in [6.45, 7) is 2.10. The Balaban J connectivity index is 1.14. The topological polar surface area (TPSA) is 104 Å². The summed E-state index contributed by atoms with van der Waals surface area (Å²) in [4.78, 5) is 19.2. The number of carbonyl (C=O) groups is 1. The molecule has 1 atom stereocenters. The molecule has 1 aromatic heterocycles. The van der Waals surface area contributed by atoms with Gasteiger partial charge < -0.3 is 9.64 Å². The van der Waals surface area contributed by atoms with Crippen LogP contribution in [0.4, 0.5) is 5.69 Å². The van der Waals surface area contributed by atoms with Gasteiger partial charge in [-0.25, -0.2) is 13.8 Å². The monoisotopic (exact) mass is 547 g/mol. The van der Waals surface area contributed by atoms with E-state index in [1.54, 1.807) is 18.5 Å². The van der Waals surface area contributed by atoms with Crippen molar-refractivity contribution in [2.24, 2.45) is 0 Å². The Hall–Kier alpha value is -2.63. The van der Waals surface area contributed by atoms with Crippen LogP contribution in [0.1, 0.15) is 18.4 Å². The second-order valence-electron chi connectivity index (χ2n) is 8.67. The largest absolute Gasteiger partial charge is 0.492 e. The summed E-state index contributed by atoms with van der Waals surface area (Å²) in [5.74, 6) is 0.323. The average Bonchev–Trinajstić information content (AvgIpc) is 3.18. The van der Waals surface area contributed by atoms with Crippen molar-refractivity contribution in [3.63, 3.8) is 0 Å². The lowest BCUT2D eigenvalue weighted by Crippen LogP contribution is -2.51. The molecule has 2 aromatic rings. The van der Waals surface area contributed by atoms with Crippen LogP contribution in [0, 0.1) is 0 Å². The van der Waals surface area contributed by atoms with Gasteiger partial charge in [0.05, 0.1) is 6.54 Å². The average molecular weight is 548 g/mol. The number of nitrogens with one attached hydrogen (secondary N) is 2. The number of nitrogens with zero attached hydrogens (tertiary/aromatic N) is 3. The summed E-state index contributed by atoms with van der Waals surface area (Å²) >= 11 is 3.39. The summed E-state index contributed by atoms with van der Waals surface area (Å²) in [5.41, 5.74) is 5.34. The van der Waals surface area contributed by atoms with Crippen molar-refractivity contribution in [1.29, 1.82) is 0 Å². The zero-order valence-corrected chi connectivity index (χ0v) is 20.9. The molecule has 1 saturated heterocycles. The van der Waals surface area contributed by atoms with Gasteiger partial charge in [0, 0.05) is 41.7 Å². The molecule has 4 heterocycles. The smallest absolute Gasteiger partial charge is 0.285 e. The van der Waals surface area contributed by atoms with Gasteiger partial charge in [0.1, 0.15) is 23.3 Å². The highest BCUT2D eigenvalue weighted by Crippen LogP contribution is 2.30. The van der Waals surface area contributed by atoms with Gasteiger partial charge in [0.15, 0.2) is 0 Å². The minimum absolute atomic E-state index is 0.0400. The molecular weight excluding hydrogens is 522 g/mol. The minimum atomic E-state index is -3.79. The van der Waals surface area contributed by atoms with Crippen LogP contribution in [0.15, 0.2) is 59.0 Å². The summed E-state index contributed by atoms with van der Waals surface area (Å²) in [6.07, 6.45) is 7.28. The molecule has 3 aliphatic heterocycles. The molecule has 0 aliphatic carbocycles. The first-order chi connectivity index (χ1) is 16.4. The molecule has 11 heteroatoms. The fourth-order valence-corrected chi connectivity index (χ4v) is 6.12. The Morgan fingerprint density at radius 3 is 2.65 bits per heavy atom. The van der Waals surface area contributed by atoms with E-state index in [9.17, 15) is 13.2 Å². The lowest BCUT2D eigenvalue weighted by atomic mass is 10.1. The molecule has 0 bridgehead atoms. The standard InChI is InChI=1S/C23H26BrN5O4S/c24-17-2-1-16-13-20(15-33-22(16)14-17)34(31,32)27-21-7-12-29(23(21)30)26-18-5-10-28(11-6-18)19-3-8-25-9-4-19/h1-4,7-9,14,18,20,26-27H,5-6,10-13,15H2. The highest BCUT2D eigenvalue weighted by Gasteiger charge is 2.35. The summed E-state index contributed by atoms with van der Waals surface area (Å²) in [6, 6.07) is 9.68. The van der Waals surface area contributed by atoms with E-state index in [4.69, 9.17) is 4.74 Å². The van der Waals surface area contributed by atoms with Crippen molar-refractivity contribution in [3.8, 4) is 5.75 Å². The van der Waals surface area contributed by atoms with Gasteiger partial charge in [-0.15, -0.1) is 0 Å². The number of piperidine rings is 1. The third-order valence-corrected chi connectivity index (χ3v) is 8.59. The molecule has 9 nitrogen and oxygen atoms in total. The molecule has 1 amide bonds. The number of hydrogen-bond donors (Lipinski definition) is 2. The molecule has 1 unspecified atom stereocenters. The Kier molecular flexibility index (Phi) is 6.50. The van der Waals surface area contributed by atoms with Gasteiger partial charge >= 0.3 is 0 Å². The number of ether oxygens (including phenoxy) is 1. The number of carbonyl (C=O) groups excluding carboxylic acids is 1. The highest BCUT2D eigenvalue weighted by molar-refractivity contribution is 9.10. The van der Waals surface area contributed by atoms with Crippen molar-refractivity contribution < 1.29 is 17.9 Å². The molecule has 5 rings (SSSR count). The first-order valence-electron chi connectivity index (χ1n) is 11.2. The molecule has 0 spiro atoms. The fourth-order valence-electron chi connectivity index (χ4n) is 4.49. The Morgan fingerprint density at radius 1 is 1.12 bits per heavy atom. The van der Waals surface area contributed by atoms with Gasteiger partial charge in [-0.3, -0.25) is 19.5 Å². The van der Waals surface area contributed by atoms with E-state index in [1.807, 2.05) is 30.3 Å². The van der Waals surface area contributed by atoms with E-state index in [1.165, 1.54) is 5.01 Å². The molecule has 1 fully saturated rings. The number of rotatable bonds is 6. The number of benzene rings is 1. The molecule has 3 aliphatic rings. The number of sulfonamides is 1. The third kappa shape index (κ3) is 4.91. The van der Waals surface area contributed by atoms with Gasteiger partial charge in [0.25, 0.3) is 5.91 Å². The summed E-state index contributed by atoms with van der Waals surface area (Å²) < 4.78 is 35.0. The number of anilines is 1. The molecule has 34 heavy (non-hydrogen) atoms. The second-order valence-corrected chi connectivity index (χ2v) is 11.5. The first-order valence-corrected chi connectivity index (χ1v) is 13.6. The first kappa shape index (κ1) is 23.1. The van der Waals surface area contributed by atoms with Gasteiger partial charge in [-0.1, -0.05) is 22.0 Å². The highest BCUT2D eigenvalue weighted by atomic mass is 79.9. The molecule has 1 aromatic carbocycles. The number of hydrazine groups is 1. The van der Waals surface area contributed by atoms with E-state index < -0.39 is 15.3 Å². The van der Waals surface area contributed by atoms with E-state index >= 15 is 0 Å². The predicted octanol–water partition coefficient (Wildman–Crippen LogP) is 1.97. The maximum absolute atomic E-state index is 13.0. The number of hydrogen-bond acceptors (Lipinski definition) is 7. The van der Waals surface area contributed by atoms with E-state index in [2.05, 4.69) is 36.0 Å².